The fourth-order valence-electron chi connectivity index (χ4n) is 0.945. The molecule has 0 spiro atoms. The first-order valence-corrected chi connectivity index (χ1v) is 3.56. The second-order valence-electron chi connectivity index (χ2n) is 2.36. The molecule has 0 unspecified atom stereocenters. The van der Waals surface area contributed by atoms with E-state index in [1.807, 2.05) is 6.07 Å². The Morgan fingerprint density at radius 1 is 1.42 bits per heavy atom. The molecule has 0 amide bonds. The molecule has 2 aromatic rings. The van der Waals surface area contributed by atoms with Gasteiger partial charge in [0.15, 0.2) is 0 Å². The molecule has 0 atom stereocenters. The Bertz CT molecular complexity index is 368. The summed E-state index contributed by atoms with van der Waals surface area (Å²) in [5, 5.41) is 0. The van der Waals surface area contributed by atoms with Gasteiger partial charge in [-0.2, -0.15) is 0 Å². The van der Waals surface area contributed by atoms with Gasteiger partial charge in [-0.15, -0.1) is 0 Å². The van der Waals surface area contributed by atoms with Crippen LogP contribution in [0.5, 0.6) is 0 Å². The lowest BCUT2D eigenvalue weighted by molar-refractivity contribution is 0.560. The van der Waals surface area contributed by atoms with Crippen molar-refractivity contribution in [3.05, 3.63) is 43.1 Å². The van der Waals surface area contributed by atoms with Crippen LogP contribution >= 0.6 is 0 Å². The van der Waals surface area contributed by atoms with Crippen molar-refractivity contribution in [3.63, 3.8) is 0 Å². The summed E-state index contributed by atoms with van der Waals surface area (Å²) < 4.78 is 10.1. The molecule has 0 aromatic carbocycles. The SMILES string of the molecule is C=Cc1[c]c(-c2ccoc2)oc1. The molecule has 2 heteroatoms. The Balaban J connectivity index is 2.41. The van der Waals surface area contributed by atoms with Crippen molar-refractivity contribution in [2.75, 3.05) is 0 Å². The van der Waals surface area contributed by atoms with Gasteiger partial charge in [-0.05, 0) is 6.07 Å². The molecule has 12 heavy (non-hydrogen) atoms. The molecule has 0 saturated heterocycles. The van der Waals surface area contributed by atoms with Crippen LogP contribution in [0.3, 0.4) is 0 Å². The molecule has 0 aliphatic heterocycles. The highest BCUT2D eigenvalue weighted by atomic mass is 16.3. The van der Waals surface area contributed by atoms with Crippen molar-refractivity contribution in [1.29, 1.82) is 0 Å². The fraction of sp³-hybridized carbons (Fsp3) is 0. The Morgan fingerprint density at radius 2 is 2.33 bits per heavy atom. The monoisotopic (exact) mass is 159 g/mol. The van der Waals surface area contributed by atoms with E-state index >= 15 is 0 Å². The largest absolute Gasteiger partial charge is 0.472 e. The number of hydrogen-bond acceptors (Lipinski definition) is 2. The Kier molecular flexibility index (Phi) is 1.59. The van der Waals surface area contributed by atoms with Crippen LogP contribution in [0.15, 0.2) is 40.3 Å². The van der Waals surface area contributed by atoms with Crippen molar-refractivity contribution < 1.29 is 8.83 Å². The maximum atomic E-state index is 5.21. The minimum absolute atomic E-state index is 0.679. The van der Waals surface area contributed by atoms with Crippen LogP contribution in [0.2, 0.25) is 0 Å². The minimum atomic E-state index is 0.679. The zero-order chi connectivity index (χ0) is 8.39. The van der Waals surface area contributed by atoms with Crippen molar-refractivity contribution in [1.82, 2.24) is 0 Å². The highest BCUT2D eigenvalue weighted by molar-refractivity contribution is 5.59. The van der Waals surface area contributed by atoms with Gasteiger partial charge in [-0.3, -0.25) is 0 Å². The molecule has 0 saturated carbocycles. The summed E-state index contributed by atoms with van der Waals surface area (Å²) in [6.07, 6.45) is 6.50. The molecule has 2 nitrogen and oxygen atoms in total. The molecule has 2 heterocycles. The number of furan rings is 2. The first-order chi connectivity index (χ1) is 5.90. The van der Waals surface area contributed by atoms with E-state index in [0.29, 0.717) is 5.76 Å². The number of rotatable bonds is 2. The first-order valence-electron chi connectivity index (χ1n) is 3.56. The van der Waals surface area contributed by atoms with E-state index in [0.717, 1.165) is 11.1 Å². The predicted molar refractivity (Wildman–Crippen MR) is 45.3 cm³/mol. The van der Waals surface area contributed by atoms with Gasteiger partial charge in [0.2, 0.25) is 0 Å². The summed E-state index contributed by atoms with van der Waals surface area (Å²) >= 11 is 0. The third-order valence-corrected chi connectivity index (χ3v) is 1.56. The van der Waals surface area contributed by atoms with E-state index in [1.54, 1.807) is 24.9 Å². The van der Waals surface area contributed by atoms with E-state index in [2.05, 4.69) is 12.6 Å². The molecule has 0 bridgehead atoms. The van der Waals surface area contributed by atoms with Crippen LogP contribution in [0.25, 0.3) is 17.4 Å². The normalized spacial score (nSPS) is 10.0. The van der Waals surface area contributed by atoms with Gasteiger partial charge in [0, 0.05) is 11.6 Å². The third kappa shape index (κ3) is 1.07. The van der Waals surface area contributed by atoms with Gasteiger partial charge >= 0.3 is 0 Å². The zero-order valence-electron chi connectivity index (χ0n) is 6.41. The molecule has 0 fully saturated rings. The third-order valence-electron chi connectivity index (χ3n) is 1.56. The van der Waals surface area contributed by atoms with E-state index in [4.69, 9.17) is 8.83 Å². The summed E-state index contributed by atoms with van der Waals surface area (Å²) in [5.74, 6) is 0.679. The van der Waals surface area contributed by atoms with Crippen LogP contribution < -0.4 is 0 Å². The van der Waals surface area contributed by atoms with Crippen LogP contribution in [0, 0.1) is 6.07 Å². The summed E-state index contributed by atoms with van der Waals surface area (Å²) in [4.78, 5) is 0. The molecule has 2 rings (SSSR count). The quantitative estimate of drug-likeness (QED) is 0.673. The van der Waals surface area contributed by atoms with Gasteiger partial charge < -0.3 is 8.83 Å². The van der Waals surface area contributed by atoms with Gasteiger partial charge in [-0.1, -0.05) is 12.7 Å². The van der Waals surface area contributed by atoms with Gasteiger partial charge in [0.1, 0.15) is 12.0 Å². The number of hydrogen-bond donors (Lipinski definition) is 0. The summed E-state index contributed by atoms with van der Waals surface area (Å²) in [6, 6.07) is 4.84. The van der Waals surface area contributed by atoms with Crippen molar-refractivity contribution in [2.45, 2.75) is 0 Å². The summed E-state index contributed by atoms with van der Waals surface area (Å²) in [7, 11) is 0. The predicted octanol–water partition coefficient (Wildman–Crippen LogP) is 2.98. The molecular weight excluding hydrogens is 152 g/mol. The van der Waals surface area contributed by atoms with Crippen molar-refractivity contribution in [2.24, 2.45) is 0 Å². The Morgan fingerprint density at radius 3 is 2.92 bits per heavy atom. The molecule has 2 aromatic heterocycles. The lowest BCUT2D eigenvalue weighted by Crippen LogP contribution is -1.64. The summed E-state index contributed by atoms with van der Waals surface area (Å²) in [5.41, 5.74) is 1.74. The second-order valence-corrected chi connectivity index (χ2v) is 2.36. The Labute approximate surface area is 70.1 Å². The zero-order valence-corrected chi connectivity index (χ0v) is 6.41. The fourth-order valence-corrected chi connectivity index (χ4v) is 0.945. The van der Waals surface area contributed by atoms with Crippen LogP contribution in [-0.2, 0) is 0 Å². The summed E-state index contributed by atoms with van der Waals surface area (Å²) in [6.45, 7) is 3.61. The van der Waals surface area contributed by atoms with E-state index < -0.39 is 0 Å². The molecule has 0 aliphatic rings. The molecular formula is C10H7O2. The average molecular weight is 159 g/mol. The smallest absolute Gasteiger partial charge is 0.145 e. The van der Waals surface area contributed by atoms with Gasteiger partial charge in [0.05, 0.1) is 18.1 Å². The van der Waals surface area contributed by atoms with Gasteiger partial charge in [-0.25, -0.2) is 0 Å². The highest BCUT2D eigenvalue weighted by Gasteiger charge is 2.03. The molecule has 59 valence electrons. The van der Waals surface area contributed by atoms with Crippen molar-refractivity contribution in [3.8, 4) is 11.3 Å². The van der Waals surface area contributed by atoms with Crippen molar-refractivity contribution >= 4 is 6.08 Å². The van der Waals surface area contributed by atoms with E-state index in [-0.39, 0.29) is 0 Å². The van der Waals surface area contributed by atoms with E-state index in [9.17, 15) is 0 Å². The average Bonchev–Trinajstić information content (AvgIpc) is 2.75. The first kappa shape index (κ1) is 6.98. The lowest BCUT2D eigenvalue weighted by Gasteiger charge is -1.83. The topological polar surface area (TPSA) is 26.3 Å². The van der Waals surface area contributed by atoms with E-state index in [1.165, 1.54) is 0 Å². The van der Waals surface area contributed by atoms with Crippen LogP contribution in [0.1, 0.15) is 5.56 Å². The molecule has 1 radical (unpaired) electrons. The maximum Gasteiger partial charge on any atom is 0.145 e. The Hall–Kier alpha value is -1.70. The van der Waals surface area contributed by atoms with Gasteiger partial charge in [0.25, 0.3) is 0 Å². The maximum absolute atomic E-state index is 5.21. The lowest BCUT2D eigenvalue weighted by atomic mass is 10.2. The standard InChI is InChI=1S/C10H7O2/c1-2-8-5-10(12-6-8)9-3-4-11-7-9/h2-4,6-7H,1H2. The second kappa shape index (κ2) is 2.74. The highest BCUT2D eigenvalue weighted by Crippen LogP contribution is 2.21. The van der Waals surface area contributed by atoms with Crippen LogP contribution in [-0.4, -0.2) is 0 Å². The van der Waals surface area contributed by atoms with Crippen LogP contribution in [0.4, 0.5) is 0 Å². The minimum Gasteiger partial charge on any atom is -0.472 e. The molecule has 0 N–H and O–H groups in total. The molecule has 0 aliphatic carbocycles.